The Morgan fingerprint density at radius 2 is 2.04 bits per heavy atom. The molecule has 0 spiro atoms. The molecule has 0 bridgehead atoms. The molecule has 1 aromatic rings. The van der Waals surface area contributed by atoms with Gasteiger partial charge in [0.15, 0.2) is 0 Å². The molecule has 0 radical (unpaired) electrons. The van der Waals surface area contributed by atoms with E-state index >= 15 is 0 Å². The number of amides is 2. The Labute approximate surface area is 146 Å². The van der Waals surface area contributed by atoms with E-state index in [1.807, 2.05) is 0 Å². The molecule has 1 aliphatic rings. The maximum absolute atomic E-state index is 12.4. The van der Waals surface area contributed by atoms with Crippen molar-refractivity contribution in [3.8, 4) is 0 Å². The van der Waals surface area contributed by atoms with Gasteiger partial charge in [-0.15, -0.1) is 0 Å². The minimum absolute atomic E-state index is 0.000764. The van der Waals surface area contributed by atoms with E-state index in [4.69, 9.17) is 0 Å². The number of carbonyl (C=O) groups excluding carboxylic acids is 2. The van der Waals surface area contributed by atoms with Crippen LogP contribution in [0.3, 0.4) is 0 Å². The fourth-order valence-electron chi connectivity index (χ4n) is 2.99. The molecule has 136 valence electrons. The molecular formula is C17H24N4O4. The van der Waals surface area contributed by atoms with Crippen LogP contribution in [0, 0.1) is 10.1 Å². The highest BCUT2D eigenvalue weighted by atomic mass is 16.6. The van der Waals surface area contributed by atoms with Gasteiger partial charge in [0.05, 0.1) is 4.92 Å². The molecule has 1 unspecified atom stereocenters. The van der Waals surface area contributed by atoms with Gasteiger partial charge in [-0.2, -0.15) is 0 Å². The number of nitro benzene ring substituents is 1. The third-order valence-electron chi connectivity index (χ3n) is 4.27. The molecule has 1 aliphatic heterocycles. The van der Waals surface area contributed by atoms with Gasteiger partial charge in [0, 0.05) is 32.1 Å². The van der Waals surface area contributed by atoms with Crippen LogP contribution >= 0.6 is 0 Å². The van der Waals surface area contributed by atoms with Crippen molar-refractivity contribution in [1.29, 1.82) is 0 Å². The summed E-state index contributed by atoms with van der Waals surface area (Å²) in [4.78, 5) is 36.5. The number of likely N-dealkylation sites (tertiary alicyclic amines) is 1. The molecule has 1 heterocycles. The highest BCUT2D eigenvalue weighted by molar-refractivity contribution is 5.87. The molecular weight excluding hydrogens is 324 g/mol. The van der Waals surface area contributed by atoms with E-state index in [-0.39, 0.29) is 17.5 Å². The van der Waals surface area contributed by atoms with Crippen LogP contribution in [-0.4, -0.2) is 47.3 Å². The third kappa shape index (κ3) is 4.91. The number of rotatable bonds is 7. The Balaban J connectivity index is 1.84. The largest absolute Gasteiger partial charge is 0.378 e. The molecule has 0 saturated carbocycles. The zero-order valence-electron chi connectivity index (χ0n) is 14.4. The maximum Gasteiger partial charge on any atom is 0.292 e. The van der Waals surface area contributed by atoms with E-state index in [2.05, 4.69) is 10.6 Å². The number of piperidine rings is 1. The molecule has 1 fully saturated rings. The minimum atomic E-state index is -0.447. The van der Waals surface area contributed by atoms with E-state index in [0.717, 1.165) is 12.8 Å². The van der Waals surface area contributed by atoms with Crippen molar-refractivity contribution < 1.29 is 14.5 Å². The van der Waals surface area contributed by atoms with Gasteiger partial charge in [-0.1, -0.05) is 19.1 Å². The third-order valence-corrected chi connectivity index (χ3v) is 4.27. The lowest BCUT2D eigenvalue weighted by atomic mass is 10.0. The van der Waals surface area contributed by atoms with Crippen LogP contribution in [-0.2, 0) is 9.59 Å². The molecule has 8 heteroatoms. The Hall–Kier alpha value is -2.64. The van der Waals surface area contributed by atoms with E-state index in [1.54, 1.807) is 30.0 Å². The Morgan fingerprint density at radius 3 is 2.76 bits per heavy atom. The fourth-order valence-corrected chi connectivity index (χ4v) is 2.99. The summed E-state index contributed by atoms with van der Waals surface area (Å²) >= 11 is 0. The number of benzene rings is 1. The lowest BCUT2D eigenvalue weighted by molar-refractivity contribution is -0.384. The second-order valence-corrected chi connectivity index (χ2v) is 5.94. The van der Waals surface area contributed by atoms with Crippen molar-refractivity contribution in [3.63, 3.8) is 0 Å². The standard InChI is InChI=1S/C17H24N4O4/c1-2-16(22)20-12-6-5-9-15(20)17(23)19-11-10-18-13-7-3-4-8-14(13)21(24)25/h3-4,7-8,15,18H,2,5-6,9-12H2,1H3,(H,19,23). The van der Waals surface area contributed by atoms with Crippen LogP contribution < -0.4 is 10.6 Å². The number of anilines is 1. The lowest BCUT2D eigenvalue weighted by Crippen LogP contribution is -2.52. The number of para-hydroxylation sites is 2. The maximum atomic E-state index is 12.4. The van der Waals surface area contributed by atoms with Crippen LogP contribution in [0.5, 0.6) is 0 Å². The predicted molar refractivity (Wildman–Crippen MR) is 94.2 cm³/mol. The van der Waals surface area contributed by atoms with Crippen molar-refractivity contribution in [1.82, 2.24) is 10.2 Å². The second-order valence-electron chi connectivity index (χ2n) is 5.94. The van der Waals surface area contributed by atoms with Crippen LogP contribution in [0.15, 0.2) is 24.3 Å². The van der Waals surface area contributed by atoms with Gasteiger partial charge >= 0.3 is 0 Å². The molecule has 2 rings (SSSR count). The molecule has 0 aromatic heterocycles. The van der Waals surface area contributed by atoms with Crippen molar-refractivity contribution in [2.75, 3.05) is 25.0 Å². The van der Waals surface area contributed by atoms with Crippen molar-refractivity contribution >= 4 is 23.2 Å². The molecule has 0 aliphatic carbocycles. The van der Waals surface area contributed by atoms with Crippen molar-refractivity contribution in [3.05, 3.63) is 34.4 Å². The first-order valence-corrected chi connectivity index (χ1v) is 8.59. The summed E-state index contributed by atoms with van der Waals surface area (Å²) < 4.78 is 0. The topological polar surface area (TPSA) is 105 Å². The summed E-state index contributed by atoms with van der Waals surface area (Å²) in [5.41, 5.74) is 0.419. The highest BCUT2D eigenvalue weighted by Crippen LogP contribution is 2.22. The first-order chi connectivity index (χ1) is 12.0. The first-order valence-electron chi connectivity index (χ1n) is 8.59. The van der Waals surface area contributed by atoms with Gasteiger partial charge in [0.25, 0.3) is 5.69 Å². The van der Waals surface area contributed by atoms with E-state index in [1.165, 1.54) is 6.07 Å². The quantitative estimate of drug-likeness (QED) is 0.445. The van der Waals surface area contributed by atoms with Gasteiger partial charge in [0.2, 0.25) is 11.8 Å². The average Bonchev–Trinajstić information content (AvgIpc) is 2.64. The summed E-state index contributed by atoms with van der Waals surface area (Å²) in [6, 6.07) is 5.96. The summed E-state index contributed by atoms with van der Waals surface area (Å²) in [6.07, 6.45) is 2.92. The first kappa shape index (κ1) is 18.7. The molecule has 25 heavy (non-hydrogen) atoms. The molecule has 1 saturated heterocycles. The average molecular weight is 348 g/mol. The number of hydrogen-bond donors (Lipinski definition) is 2. The van der Waals surface area contributed by atoms with E-state index in [0.29, 0.717) is 38.2 Å². The number of nitrogens with one attached hydrogen (secondary N) is 2. The van der Waals surface area contributed by atoms with Crippen LogP contribution in [0.2, 0.25) is 0 Å². The zero-order valence-corrected chi connectivity index (χ0v) is 14.4. The minimum Gasteiger partial charge on any atom is -0.378 e. The van der Waals surface area contributed by atoms with Crippen LogP contribution in [0.25, 0.3) is 0 Å². The van der Waals surface area contributed by atoms with Gasteiger partial charge < -0.3 is 15.5 Å². The molecule has 8 nitrogen and oxygen atoms in total. The van der Waals surface area contributed by atoms with Crippen molar-refractivity contribution in [2.45, 2.75) is 38.6 Å². The number of nitro groups is 1. The number of carbonyl (C=O) groups is 2. The number of hydrogen-bond acceptors (Lipinski definition) is 5. The fraction of sp³-hybridized carbons (Fsp3) is 0.529. The number of nitrogens with zero attached hydrogens (tertiary/aromatic N) is 2. The molecule has 1 aromatic carbocycles. The summed E-state index contributed by atoms with van der Waals surface area (Å²) in [7, 11) is 0. The zero-order chi connectivity index (χ0) is 18.2. The summed E-state index contributed by atoms with van der Waals surface area (Å²) in [6.45, 7) is 3.11. The smallest absolute Gasteiger partial charge is 0.292 e. The summed E-state index contributed by atoms with van der Waals surface area (Å²) in [5, 5.41) is 16.7. The molecule has 2 amide bonds. The van der Waals surface area contributed by atoms with E-state index < -0.39 is 11.0 Å². The van der Waals surface area contributed by atoms with Gasteiger partial charge in [0.1, 0.15) is 11.7 Å². The summed E-state index contributed by atoms with van der Waals surface area (Å²) in [5.74, 6) is -0.163. The molecule has 1 atom stereocenters. The van der Waals surface area contributed by atoms with Gasteiger partial charge in [-0.3, -0.25) is 19.7 Å². The van der Waals surface area contributed by atoms with Crippen LogP contribution in [0.1, 0.15) is 32.6 Å². The van der Waals surface area contributed by atoms with E-state index in [9.17, 15) is 19.7 Å². The monoisotopic (exact) mass is 348 g/mol. The lowest BCUT2D eigenvalue weighted by Gasteiger charge is -2.34. The Bertz CT molecular complexity index is 635. The van der Waals surface area contributed by atoms with Crippen LogP contribution in [0.4, 0.5) is 11.4 Å². The Kier molecular flexibility index (Phi) is 6.73. The van der Waals surface area contributed by atoms with Gasteiger partial charge in [-0.25, -0.2) is 0 Å². The van der Waals surface area contributed by atoms with Gasteiger partial charge in [-0.05, 0) is 25.3 Å². The van der Waals surface area contributed by atoms with Crippen molar-refractivity contribution in [2.24, 2.45) is 0 Å². The molecule has 2 N–H and O–H groups in total. The normalized spacial score (nSPS) is 17.0. The highest BCUT2D eigenvalue weighted by Gasteiger charge is 2.30. The second kappa shape index (κ2) is 9.00. The SMILES string of the molecule is CCC(=O)N1CCCCC1C(=O)NCCNc1ccccc1[N+](=O)[O-]. The predicted octanol–water partition coefficient (Wildman–Crippen LogP) is 1.91. The Morgan fingerprint density at radius 1 is 1.28 bits per heavy atom.